The molecule has 182 valence electrons. The molecule has 2 aromatic carbocycles. The van der Waals surface area contributed by atoms with Gasteiger partial charge >= 0.3 is 0 Å². The number of benzene rings is 2. The molecule has 0 aliphatic rings. The molecule has 33 heavy (non-hydrogen) atoms. The summed E-state index contributed by atoms with van der Waals surface area (Å²) in [6, 6.07) is 10.7. The summed E-state index contributed by atoms with van der Waals surface area (Å²) in [7, 11) is 3.47. The van der Waals surface area contributed by atoms with Crippen LogP contribution in [0, 0.1) is 25.1 Å². The summed E-state index contributed by atoms with van der Waals surface area (Å²) >= 11 is 0. The van der Waals surface area contributed by atoms with Gasteiger partial charge in [-0.25, -0.2) is 4.39 Å². The maximum absolute atomic E-state index is 13.4. The van der Waals surface area contributed by atoms with E-state index < -0.39 is 0 Å². The van der Waals surface area contributed by atoms with Gasteiger partial charge in [0.2, 0.25) is 0 Å². The number of aliphatic imine (C=N–C) groups is 2. The first kappa shape index (κ1) is 30.2. The minimum Gasteiger partial charge on any atom is -0.347 e. The first-order chi connectivity index (χ1) is 15.0. The molecule has 2 rings (SSSR count). The molecule has 5 heteroatoms. The first-order valence-electron chi connectivity index (χ1n) is 11.0. The number of carbonyl (C=O) groups is 1. The molecular weight excluding hydrogens is 413 g/mol. The number of carbonyl (C=O) groups excluding carboxylic acids is 1. The van der Waals surface area contributed by atoms with Gasteiger partial charge in [-0.05, 0) is 100 Å². The van der Waals surface area contributed by atoms with Crippen LogP contribution in [0.5, 0.6) is 0 Å². The third kappa shape index (κ3) is 11.6. The van der Waals surface area contributed by atoms with Gasteiger partial charge < -0.3 is 10.3 Å². The van der Waals surface area contributed by atoms with Crippen molar-refractivity contribution in [2.24, 2.45) is 15.4 Å². The molecule has 0 aliphatic carbocycles. The van der Waals surface area contributed by atoms with Crippen molar-refractivity contribution in [3.05, 3.63) is 58.9 Å². The predicted octanol–water partition coefficient (Wildman–Crippen LogP) is 7.08. The lowest BCUT2D eigenvalue weighted by molar-refractivity contribution is 0.0919. The lowest BCUT2D eigenvalue weighted by Crippen LogP contribution is -2.40. The molecule has 4 nitrogen and oxygen atoms in total. The van der Waals surface area contributed by atoms with Crippen molar-refractivity contribution in [2.75, 3.05) is 14.1 Å². The van der Waals surface area contributed by atoms with Gasteiger partial charge in [0.25, 0.3) is 5.91 Å². The molecule has 0 atom stereocenters. The van der Waals surface area contributed by atoms with E-state index in [1.54, 1.807) is 26.1 Å². The van der Waals surface area contributed by atoms with E-state index in [2.05, 4.69) is 49.7 Å². The Morgan fingerprint density at radius 1 is 0.939 bits per heavy atom. The molecule has 1 amide bonds. The third-order valence-electron chi connectivity index (χ3n) is 4.74. The van der Waals surface area contributed by atoms with Gasteiger partial charge in [-0.3, -0.25) is 9.79 Å². The number of amides is 1. The van der Waals surface area contributed by atoms with Crippen LogP contribution in [0.4, 0.5) is 4.39 Å². The molecule has 0 radical (unpaired) electrons. The second-order valence-electron chi connectivity index (χ2n) is 10.1. The molecular formula is C28H42FN3O. The fourth-order valence-electron chi connectivity index (χ4n) is 2.65. The van der Waals surface area contributed by atoms with Crippen molar-refractivity contribution < 1.29 is 9.18 Å². The Labute approximate surface area is 200 Å². The van der Waals surface area contributed by atoms with Gasteiger partial charge in [-0.1, -0.05) is 32.9 Å². The van der Waals surface area contributed by atoms with E-state index >= 15 is 0 Å². The van der Waals surface area contributed by atoms with E-state index in [1.807, 2.05) is 52.9 Å². The maximum atomic E-state index is 13.4. The van der Waals surface area contributed by atoms with Crippen LogP contribution < -0.4 is 5.32 Å². The van der Waals surface area contributed by atoms with Crippen LogP contribution in [-0.4, -0.2) is 38.0 Å². The van der Waals surface area contributed by atoms with Gasteiger partial charge in [0.05, 0.1) is 0 Å². The van der Waals surface area contributed by atoms with Crippen LogP contribution in [0.1, 0.15) is 70.0 Å². The van der Waals surface area contributed by atoms with Crippen LogP contribution in [-0.2, 0) is 0 Å². The van der Waals surface area contributed by atoms with Crippen LogP contribution in [0.3, 0.4) is 0 Å². The average Bonchev–Trinajstić information content (AvgIpc) is 2.68. The Morgan fingerprint density at radius 3 is 1.88 bits per heavy atom. The molecule has 0 bridgehead atoms. The van der Waals surface area contributed by atoms with Gasteiger partial charge in [-0.2, -0.15) is 0 Å². The highest BCUT2D eigenvalue weighted by Gasteiger charge is 2.16. The summed E-state index contributed by atoms with van der Waals surface area (Å²) in [5.41, 5.74) is 5.22. The van der Waals surface area contributed by atoms with Crippen LogP contribution in [0.25, 0.3) is 11.1 Å². The number of hydrogen-bond donors (Lipinski definition) is 1. The minimum atomic E-state index is -0.284. The lowest BCUT2D eigenvalue weighted by Gasteiger charge is -2.21. The second-order valence-corrected chi connectivity index (χ2v) is 10.1. The quantitative estimate of drug-likeness (QED) is 0.483. The number of halogens is 1. The molecule has 0 aliphatic heterocycles. The molecule has 0 fully saturated rings. The van der Waals surface area contributed by atoms with Crippen molar-refractivity contribution in [2.45, 2.75) is 67.9 Å². The summed E-state index contributed by atoms with van der Waals surface area (Å²) in [5.74, 6) is -0.321. The molecule has 2 aromatic rings. The van der Waals surface area contributed by atoms with E-state index in [1.165, 1.54) is 11.8 Å². The maximum Gasteiger partial charge on any atom is 0.251 e. The van der Waals surface area contributed by atoms with E-state index in [9.17, 15) is 9.18 Å². The predicted molar refractivity (Wildman–Crippen MR) is 142 cm³/mol. The van der Waals surface area contributed by atoms with Gasteiger partial charge in [0.15, 0.2) is 0 Å². The van der Waals surface area contributed by atoms with Crippen molar-refractivity contribution in [1.29, 1.82) is 0 Å². The highest BCUT2D eigenvalue weighted by atomic mass is 19.1. The Balaban J connectivity index is 0.000000780. The van der Waals surface area contributed by atoms with E-state index in [4.69, 9.17) is 0 Å². The number of aryl methyl sites for hydroxylation is 2. The Morgan fingerprint density at radius 2 is 1.48 bits per heavy atom. The van der Waals surface area contributed by atoms with Gasteiger partial charge in [0, 0.05) is 30.9 Å². The van der Waals surface area contributed by atoms with Crippen molar-refractivity contribution in [3.63, 3.8) is 0 Å². The molecule has 1 N–H and O–H groups in total. The standard InChI is InChI=1S/C19H22FNO.C7H15N.C2H5N/c1-12-8-15(14-6-7-17(20)13(2)10-14)11-16(9-12)18(22)21-19(3,4)5;1-6(8-5)7(2,3)4;1-3-2/h6-11H,1-5H3,(H,21,22);1-5H3;1H2,2H3. The Bertz CT molecular complexity index is 964. The zero-order chi connectivity index (χ0) is 26.0. The zero-order valence-corrected chi connectivity index (χ0v) is 22.4. The van der Waals surface area contributed by atoms with E-state index in [0.29, 0.717) is 11.1 Å². The molecule has 0 heterocycles. The molecule has 0 unspecified atom stereocenters. The SMILES string of the molecule is C=NC.CN=C(C)C(C)(C)C.Cc1cc(C(=O)NC(C)(C)C)cc(-c2ccc(F)c(C)c2)c1. The smallest absolute Gasteiger partial charge is 0.251 e. The zero-order valence-electron chi connectivity index (χ0n) is 22.4. The largest absolute Gasteiger partial charge is 0.347 e. The molecule has 0 saturated heterocycles. The van der Waals surface area contributed by atoms with Crippen molar-refractivity contribution in [3.8, 4) is 11.1 Å². The highest BCUT2D eigenvalue weighted by molar-refractivity contribution is 5.96. The summed E-state index contributed by atoms with van der Waals surface area (Å²) in [4.78, 5) is 19.7. The number of rotatable bonds is 2. The molecule has 0 saturated carbocycles. The van der Waals surface area contributed by atoms with Gasteiger partial charge in [0.1, 0.15) is 5.82 Å². The summed E-state index contributed by atoms with van der Waals surface area (Å²) in [5, 5.41) is 2.96. The minimum absolute atomic E-state index is 0.101. The van der Waals surface area contributed by atoms with E-state index in [0.717, 1.165) is 16.7 Å². The number of hydrogen-bond acceptors (Lipinski definition) is 3. The summed E-state index contributed by atoms with van der Waals surface area (Å²) in [6.45, 7) is 21.2. The highest BCUT2D eigenvalue weighted by Crippen LogP contribution is 2.24. The molecule has 0 spiro atoms. The summed E-state index contributed by atoms with van der Waals surface area (Å²) < 4.78 is 13.4. The average molecular weight is 456 g/mol. The summed E-state index contributed by atoms with van der Waals surface area (Å²) in [6.07, 6.45) is 0. The Hall–Kier alpha value is -2.82. The number of nitrogens with zero attached hydrogens (tertiary/aromatic N) is 2. The van der Waals surface area contributed by atoms with E-state index in [-0.39, 0.29) is 22.7 Å². The van der Waals surface area contributed by atoms with Gasteiger partial charge in [-0.15, -0.1) is 0 Å². The topological polar surface area (TPSA) is 53.8 Å². The normalized spacial score (nSPS) is 11.5. The van der Waals surface area contributed by atoms with Crippen LogP contribution in [0.15, 0.2) is 46.4 Å². The van der Waals surface area contributed by atoms with Crippen molar-refractivity contribution in [1.82, 2.24) is 5.32 Å². The first-order valence-corrected chi connectivity index (χ1v) is 11.0. The second kappa shape index (κ2) is 13.0. The lowest BCUT2D eigenvalue weighted by atomic mass is 9.91. The van der Waals surface area contributed by atoms with Crippen LogP contribution in [0.2, 0.25) is 0 Å². The fraction of sp³-hybridized carbons (Fsp3) is 0.464. The fourth-order valence-corrected chi connectivity index (χ4v) is 2.65. The molecule has 0 aromatic heterocycles. The third-order valence-corrected chi connectivity index (χ3v) is 4.74. The Kier molecular flexibility index (Phi) is 11.9. The van der Waals surface area contributed by atoms with Crippen molar-refractivity contribution >= 4 is 18.3 Å². The van der Waals surface area contributed by atoms with Crippen LogP contribution >= 0.6 is 0 Å². The number of nitrogens with one attached hydrogen (secondary N) is 1. The monoisotopic (exact) mass is 455 g/mol.